The predicted molar refractivity (Wildman–Crippen MR) is 60.3 cm³/mol. The Bertz CT molecular complexity index is 492. The van der Waals surface area contributed by atoms with Crippen molar-refractivity contribution < 1.29 is 5.11 Å². The summed E-state index contributed by atoms with van der Waals surface area (Å²) in [4.78, 5) is 0. The molecule has 2 aromatic rings. The molecule has 0 aromatic carbocycles. The van der Waals surface area contributed by atoms with Crippen LogP contribution < -0.4 is 0 Å². The first-order valence-corrected chi connectivity index (χ1v) is 4.99. The summed E-state index contributed by atoms with van der Waals surface area (Å²) in [6.45, 7) is 0.00588. The zero-order valence-electron chi connectivity index (χ0n) is 8.29. The van der Waals surface area contributed by atoms with Crippen LogP contribution in [-0.2, 0) is 0 Å². The summed E-state index contributed by atoms with van der Waals surface area (Å²) in [5, 5.41) is 20.7. The van der Waals surface area contributed by atoms with Crippen molar-refractivity contribution in [1.29, 1.82) is 0 Å². The summed E-state index contributed by atoms with van der Waals surface area (Å²) in [7, 11) is 0. The van der Waals surface area contributed by atoms with Crippen molar-refractivity contribution in [2.24, 2.45) is 0 Å². The lowest BCUT2D eigenvalue weighted by atomic mass is 10.3. The van der Waals surface area contributed by atoms with E-state index in [1.807, 2.05) is 0 Å². The number of aliphatic hydroxyl groups is 1. The molecule has 0 saturated heterocycles. The molecule has 0 saturated carbocycles. The molecule has 0 spiro atoms. The van der Waals surface area contributed by atoms with E-state index in [-0.39, 0.29) is 6.61 Å². The number of halogens is 1. The second-order valence-corrected chi connectivity index (χ2v) is 3.40. The standard InChI is InChI=1S/C10H9ClN4O/c11-9-3-4-10(14-13-9)15-7-8(6-12-15)2-1-5-16/h1-4,6-7,16H,5H2. The molecule has 0 atom stereocenters. The van der Waals surface area contributed by atoms with E-state index in [1.165, 1.54) is 0 Å². The molecule has 16 heavy (non-hydrogen) atoms. The van der Waals surface area contributed by atoms with Crippen molar-refractivity contribution in [3.05, 3.63) is 41.3 Å². The highest BCUT2D eigenvalue weighted by Gasteiger charge is 2.00. The van der Waals surface area contributed by atoms with Gasteiger partial charge in [-0.05, 0) is 12.1 Å². The molecular weight excluding hydrogens is 228 g/mol. The molecular formula is C10H9ClN4O. The van der Waals surface area contributed by atoms with E-state index in [4.69, 9.17) is 16.7 Å². The van der Waals surface area contributed by atoms with Gasteiger partial charge in [-0.3, -0.25) is 0 Å². The van der Waals surface area contributed by atoms with Gasteiger partial charge in [-0.1, -0.05) is 23.8 Å². The minimum Gasteiger partial charge on any atom is -0.392 e. The zero-order chi connectivity index (χ0) is 11.4. The molecule has 0 bridgehead atoms. The van der Waals surface area contributed by atoms with Crippen molar-refractivity contribution in [3.63, 3.8) is 0 Å². The first-order chi connectivity index (χ1) is 7.79. The Morgan fingerprint density at radius 3 is 2.94 bits per heavy atom. The highest BCUT2D eigenvalue weighted by molar-refractivity contribution is 6.29. The Balaban J connectivity index is 2.24. The third-order valence-corrected chi connectivity index (χ3v) is 2.07. The minimum atomic E-state index is 0.00588. The highest BCUT2D eigenvalue weighted by Crippen LogP contribution is 2.08. The molecule has 0 unspecified atom stereocenters. The molecule has 0 radical (unpaired) electrons. The van der Waals surface area contributed by atoms with E-state index in [0.717, 1.165) is 5.56 Å². The fraction of sp³-hybridized carbons (Fsp3) is 0.100. The van der Waals surface area contributed by atoms with Gasteiger partial charge < -0.3 is 5.11 Å². The van der Waals surface area contributed by atoms with E-state index in [1.54, 1.807) is 41.4 Å². The fourth-order valence-corrected chi connectivity index (χ4v) is 1.27. The molecule has 0 amide bonds. The van der Waals surface area contributed by atoms with Crippen LogP contribution in [0, 0.1) is 0 Å². The van der Waals surface area contributed by atoms with Gasteiger partial charge in [0.25, 0.3) is 0 Å². The molecule has 0 aliphatic heterocycles. The first-order valence-electron chi connectivity index (χ1n) is 4.61. The van der Waals surface area contributed by atoms with Crippen LogP contribution >= 0.6 is 11.6 Å². The predicted octanol–water partition coefficient (Wildman–Crippen LogP) is 1.32. The van der Waals surface area contributed by atoms with Crippen molar-refractivity contribution in [3.8, 4) is 5.82 Å². The number of hydrogen-bond acceptors (Lipinski definition) is 4. The maximum atomic E-state index is 8.63. The zero-order valence-corrected chi connectivity index (χ0v) is 9.04. The second-order valence-electron chi connectivity index (χ2n) is 3.02. The number of aliphatic hydroxyl groups excluding tert-OH is 1. The van der Waals surface area contributed by atoms with Gasteiger partial charge >= 0.3 is 0 Å². The normalized spacial score (nSPS) is 11.1. The van der Waals surface area contributed by atoms with Gasteiger partial charge in [0.2, 0.25) is 0 Å². The van der Waals surface area contributed by atoms with Crippen LogP contribution in [0.3, 0.4) is 0 Å². The number of hydrogen-bond donors (Lipinski definition) is 1. The highest BCUT2D eigenvalue weighted by atomic mass is 35.5. The molecule has 6 heteroatoms. The lowest BCUT2D eigenvalue weighted by molar-refractivity contribution is 0.343. The average molecular weight is 237 g/mol. The molecule has 2 rings (SSSR count). The van der Waals surface area contributed by atoms with Gasteiger partial charge in [0, 0.05) is 11.8 Å². The number of rotatable bonds is 3. The smallest absolute Gasteiger partial charge is 0.175 e. The topological polar surface area (TPSA) is 63.8 Å². The van der Waals surface area contributed by atoms with Gasteiger partial charge in [-0.2, -0.15) is 5.10 Å². The maximum absolute atomic E-state index is 8.63. The van der Waals surface area contributed by atoms with E-state index >= 15 is 0 Å². The number of nitrogens with zero attached hydrogens (tertiary/aromatic N) is 4. The van der Waals surface area contributed by atoms with Crippen LogP contribution in [-0.4, -0.2) is 31.7 Å². The largest absolute Gasteiger partial charge is 0.392 e. The Morgan fingerprint density at radius 2 is 2.25 bits per heavy atom. The summed E-state index contributed by atoms with van der Waals surface area (Å²) in [6, 6.07) is 3.37. The van der Waals surface area contributed by atoms with Crippen molar-refractivity contribution in [2.75, 3.05) is 6.61 Å². The van der Waals surface area contributed by atoms with Gasteiger partial charge in [-0.25, -0.2) is 4.68 Å². The quantitative estimate of drug-likeness (QED) is 0.873. The summed E-state index contributed by atoms with van der Waals surface area (Å²) in [5.41, 5.74) is 0.880. The first kappa shape index (κ1) is 10.8. The van der Waals surface area contributed by atoms with Gasteiger partial charge in [0.05, 0.1) is 12.8 Å². The third-order valence-electron chi connectivity index (χ3n) is 1.87. The second kappa shape index (κ2) is 4.87. The molecule has 2 heterocycles. The van der Waals surface area contributed by atoms with Gasteiger partial charge in [0.1, 0.15) is 0 Å². The molecule has 2 aromatic heterocycles. The Labute approximate surface area is 97.0 Å². The molecule has 82 valence electrons. The lowest BCUT2D eigenvalue weighted by Crippen LogP contribution is -1.98. The molecule has 0 fully saturated rings. The van der Waals surface area contributed by atoms with Crippen molar-refractivity contribution in [2.45, 2.75) is 0 Å². The van der Waals surface area contributed by atoms with Crippen LogP contribution in [0.5, 0.6) is 0 Å². The minimum absolute atomic E-state index is 0.00588. The Hall–Kier alpha value is -1.72. The van der Waals surface area contributed by atoms with Crippen molar-refractivity contribution in [1.82, 2.24) is 20.0 Å². The lowest BCUT2D eigenvalue weighted by Gasteiger charge is -1.97. The average Bonchev–Trinajstić information content (AvgIpc) is 2.76. The monoisotopic (exact) mass is 236 g/mol. The van der Waals surface area contributed by atoms with Crippen molar-refractivity contribution >= 4 is 17.7 Å². The van der Waals surface area contributed by atoms with E-state index < -0.39 is 0 Å². The van der Waals surface area contributed by atoms with Crippen LogP contribution in [0.15, 0.2) is 30.6 Å². The maximum Gasteiger partial charge on any atom is 0.175 e. The number of aromatic nitrogens is 4. The summed E-state index contributed by atoms with van der Waals surface area (Å²) in [5.74, 6) is 0.591. The summed E-state index contributed by atoms with van der Waals surface area (Å²) >= 11 is 5.63. The Kier molecular flexibility index (Phi) is 3.28. The van der Waals surface area contributed by atoms with Crippen LogP contribution in [0.4, 0.5) is 0 Å². The van der Waals surface area contributed by atoms with Crippen LogP contribution in [0.2, 0.25) is 5.15 Å². The Morgan fingerprint density at radius 1 is 1.38 bits per heavy atom. The van der Waals surface area contributed by atoms with E-state index in [9.17, 15) is 0 Å². The van der Waals surface area contributed by atoms with Gasteiger partial charge in [-0.15, -0.1) is 10.2 Å². The SMILES string of the molecule is OCC=Cc1cnn(-c2ccc(Cl)nn2)c1. The van der Waals surface area contributed by atoms with E-state index in [2.05, 4.69) is 15.3 Å². The molecule has 0 aliphatic carbocycles. The van der Waals surface area contributed by atoms with Crippen LogP contribution in [0.1, 0.15) is 5.56 Å². The molecule has 1 N–H and O–H groups in total. The molecule has 5 nitrogen and oxygen atoms in total. The van der Waals surface area contributed by atoms with Crippen LogP contribution in [0.25, 0.3) is 11.9 Å². The molecule has 0 aliphatic rings. The summed E-state index contributed by atoms with van der Waals surface area (Å²) < 4.78 is 1.58. The summed E-state index contributed by atoms with van der Waals surface area (Å²) in [6.07, 6.45) is 6.86. The fourth-order valence-electron chi connectivity index (χ4n) is 1.17. The van der Waals surface area contributed by atoms with E-state index in [0.29, 0.717) is 11.0 Å². The third kappa shape index (κ3) is 2.44. The van der Waals surface area contributed by atoms with Gasteiger partial charge in [0.15, 0.2) is 11.0 Å².